The van der Waals surface area contributed by atoms with Crippen molar-refractivity contribution in [1.29, 1.82) is 0 Å². The molecule has 0 amide bonds. The quantitative estimate of drug-likeness (QED) is 0.0214. The zero-order chi connectivity index (χ0) is 96.5. The first-order chi connectivity index (χ1) is 65.7. The van der Waals surface area contributed by atoms with Crippen LogP contribution in [-0.2, 0) is 9.59 Å². The molecule has 0 N–H and O–H groups in total. The van der Waals surface area contributed by atoms with Crippen molar-refractivity contribution < 1.29 is 28.7 Å². The minimum absolute atomic E-state index is 0.103. The van der Waals surface area contributed by atoms with Crippen molar-refractivity contribution in [1.82, 2.24) is 0 Å². The van der Waals surface area contributed by atoms with Crippen molar-refractivity contribution in [2.75, 3.05) is 13.2 Å². The number of hydrogen-bond acceptors (Lipinski definition) is 18. The predicted molar refractivity (Wildman–Crippen MR) is 625 cm³/mol. The van der Waals surface area contributed by atoms with Gasteiger partial charge in [0.15, 0.2) is 22.4 Å². The summed E-state index contributed by atoms with van der Waals surface area (Å²) in [7, 11) is 0. The van der Waals surface area contributed by atoms with Gasteiger partial charge in [0, 0.05) is 99.7 Å². The van der Waals surface area contributed by atoms with Crippen molar-refractivity contribution in [3.05, 3.63) is 162 Å². The summed E-state index contributed by atoms with van der Waals surface area (Å²) in [6.07, 6.45) is 47.0. The number of Topliss-reactive ketones (excluding diaryl/α,β-unsaturated/α-hetero) is 4. The van der Waals surface area contributed by atoms with E-state index in [4.69, 9.17) is 9.47 Å². The monoisotopic (exact) mass is 2390 g/mol. The fraction of sp³-hybridized carbons (Fsp3) is 0.509. The molecule has 0 saturated carbocycles. The zero-order valence-corrected chi connectivity index (χ0v) is 102. The van der Waals surface area contributed by atoms with Crippen LogP contribution in [0.2, 0.25) is 29.6 Å². The van der Waals surface area contributed by atoms with Gasteiger partial charge in [0.1, 0.15) is 0 Å². The molecule has 0 fully saturated rings. The van der Waals surface area contributed by atoms with Crippen molar-refractivity contribution in [2.24, 2.45) is 11.8 Å². The molecule has 136 heavy (non-hydrogen) atoms. The normalized spacial score (nSPS) is 13.5. The van der Waals surface area contributed by atoms with Crippen LogP contribution >= 0.6 is 168 Å². The molecule has 0 bridgehead atoms. The Morgan fingerprint density at radius 1 is 0.301 bits per heavy atom. The molecule has 6 nitrogen and oxygen atoms in total. The van der Waals surface area contributed by atoms with Crippen molar-refractivity contribution in [3.63, 3.8) is 0 Å². The number of aryl methyl sites for hydroxylation is 4. The molecule has 730 valence electrons. The van der Waals surface area contributed by atoms with Crippen LogP contribution in [0.5, 0.6) is 10.1 Å². The number of ether oxygens (including phenoxy) is 2. The molecule has 2 atom stereocenters. The summed E-state index contributed by atoms with van der Waals surface area (Å²) in [5.41, 5.74) is 3.49. The predicted octanol–water partition coefficient (Wildman–Crippen LogP) is 37.5. The van der Waals surface area contributed by atoms with Crippen LogP contribution in [0.15, 0.2) is 92.5 Å². The Balaban J connectivity index is 0.000000178. The van der Waals surface area contributed by atoms with Gasteiger partial charge in [-0.2, -0.15) is 0 Å². The summed E-state index contributed by atoms with van der Waals surface area (Å²) in [5.74, 6) is 1.36. The number of unbranched alkanes of at least 4 members (excludes halogenated alkanes) is 28. The third-order valence-electron chi connectivity index (χ3n) is 27.0. The number of thiophene rings is 12. The van der Waals surface area contributed by atoms with Crippen molar-refractivity contribution >= 4 is 316 Å². The molecule has 2 aromatic carbocycles. The molecule has 12 aromatic heterocycles. The van der Waals surface area contributed by atoms with Crippen LogP contribution in [0.1, 0.15) is 344 Å². The Hall–Kier alpha value is -3.28. The summed E-state index contributed by atoms with van der Waals surface area (Å²) in [6.45, 7) is 23.7. The first kappa shape index (κ1) is 108. The number of hydrogen-bond donors (Lipinski definition) is 0. The molecule has 0 saturated heterocycles. The molecule has 2 aliphatic carbocycles. The van der Waals surface area contributed by atoms with E-state index in [1.165, 1.54) is 284 Å². The van der Waals surface area contributed by atoms with Crippen LogP contribution in [0.3, 0.4) is 0 Å². The molecule has 16 rings (SSSR count). The van der Waals surface area contributed by atoms with E-state index < -0.39 is 36.8 Å². The fourth-order valence-electron chi connectivity index (χ4n) is 19.4. The van der Waals surface area contributed by atoms with E-state index in [2.05, 4.69) is 216 Å². The summed E-state index contributed by atoms with van der Waals surface area (Å²) in [4.78, 5) is 86.1. The van der Waals surface area contributed by atoms with E-state index in [0.717, 1.165) is 152 Å². The van der Waals surface area contributed by atoms with Gasteiger partial charge >= 0.3 is 257 Å². The molecule has 14 aromatic rings. The fourth-order valence-corrected chi connectivity index (χ4v) is 45.6. The molecule has 2 aliphatic rings. The van der Waals surface area contributed by atoms with E-state index in [0.29, 0.717) is 18.2 Å². The van der Waals surface area contributed by atoms with Crippen molar-refractivity contribution in [2.45, 2.75) is 343 Å². The number of carbonyl (C=O) groups excluding carboxylic acids is 4. The van der Waals surface area contributed by atoms with Crippen LogP contribution < -0.4 is 36.1 Å². The second-order valence-corrected chi connectivity index (χ2v) is 87.0. The van der Waals surface area contributed by atoms with Gasteiger partial charge in [-0.1, -0.05) is 252 Å². The molecule has 0 radical (unpaired) electrons. The summed E-state index contributed by atoms with van der Waals surface area (Å²) >= 11 is 23.8. The third-order valence-corrected chi connectivity index (χ3v) is 61.3. The number of carbonyl (C=O) groups is 4. The SMILES string of the molecule is CCCCCCCCCCC(CCCCC)C(=O)c1cc2c(Br)sc(Br)c2s1.CCCCCCCCCCC(CCCCC)C(=O)c1cc2c(C)sc(-c3ccc(C4=c5c(c6sc(C)cc6c6cc(OCCCCCCCC)sc56)=C(c5ccc(C)s5)C4=O)s3)c2s1.CCCCCCCCOc1cc2c(s1)c1c(c3sc(C)cc32)=C(c2cc[c]([Sn]([CH3])([CH3])[CH3])s2)C(=O)C=1c1cc[c]([Sn]([CH3])([CH3])[CH3])s1. The van der Waals surface area contributed by atoms with E-state index in [9.17, 15) is 14.4 Å². The van der Waals surface area contributed by atoms with Crippen LogP contribution in [0.4, 0.5) is 0 Å². The van der Waals surface area contributed by atoms with Gasteiger partial charge in [-0.25, -0.2) is 0 Å². The standard InChI is InChI=1S/C55H66O3S6.C30H26O2S4.C23H34Br2OS2.6CH3.2Sn/c1-7-10-13-15-17-18-19-22-25-37(24-21-12-9-3)50(56)44-32-38-36(6)61-55(54(38)63-44)43-29-28-42(62-43)47-49-48(46(51(47)57)41-27-26-34(4)59-41)52-39(31-35(5)60-52)40-33-45(64-53(40)49)58-30-23-20-16-14-11-8-2;1-3-4-5-6-7-8-13-32-23-17-20-19-16-18(2)35-29(19)26-24(21-11-9-14-33-21)28(31)25(22-12-10-15-34-22)27(26)30(20)36-23;1-3-5-7-8-9-10-11-13-15-17(14-12-6-4-2)20(26)19-16-18-21(27-19)23(25)28-22(18)24;;;;;;;;/h26-29,31-33,37H,7-25,30H2,1-6H3;9-12,16-17H,3-8,13H2,1-2H3;16-17H,3-15H2,1-2H3;6*1H3;;. The molecule has 2 unspecified atom stereocenters. The summed E-state index contributed by atoms with van der Waals surface area (Å²) in [5, 5.41) is 13.7. The van der Waals surface area contributed by atoms with Gasteiger partial charge in [-0.15, -0.1) is 79.4 Å². The third kappa shape index (κ3) is 26.4. The zero-order valence-electron chi connectivity index (χ0n) is 83.6. The summed E-state index contributed by atoms with van der Waals surface area (Å²) < 4.78 is 25.4. The Morgan fingerprint density at radius 2 is 0.632 bits per heavy atom. The number of benzene rings is 2. The number of ketones is 4. The van der Waals surface area contributed by atoms with Crippen molar-refractivity contribution in [3.8, 4) is 19.9 Å². The van der Waals surface area contributed by atoms with Gasteiger partial charge < -0.3 is 4.74 Å². The van der Waals surface area contributed by atoms with Crippen LogP contribution in [-0.4, -0.2) is 73.1 Å². The van der Waals surface area contributed by atoms with Gasteiger partial charge in [0.2, 0.25) is 0 Å². The van der Waals surface area contributed by atoms with E-state index in [1.807, 2.05) is 45.3 Å². The van der Waals surface area contributed by atoms with E-state index >= 15 is 4.79 Å². The Morgan fingerprint density at radius 3 is 1.02 bits per heavy atom. The molecule has 0 aliphatic heterocycles. The number of rotatable bonds is 53. The first-order valence-corrected chi connectivity index (χ1v) is 82.8. The van der Waals surface area contributed by atoms with Gasteiger partial charge in [-0.05, 0) is 127 Å². The second-order valence-electron chi connectivity index (χ2n) is 40.1. The first-order valence-electron chi connectivity index (χ1n) is 51.4. The van der Waals surface area contributed by atoms with Gasteiger partial charge in [0.25, 0.3) is 0 Å². The summed E-state index contributed by atoms with van der Waals surface area (Å²) in [6, 6.07) is 31.3. The molecular weight excluding hydrogens is 2250 g/mol. The second kappa shape index (κ2) is 51.7. The topological polar surface area (TPSA) is 86.7 Å². The molecule has 22 heteroatoms. The van der Waals surface area contributed by atoms with Gasteiger partial charge in [-0.3, -0.25) is 14.4 Å². The average molecular weight is 2390 g/mol. The van der Waals surface area contributed by atoms with Crippen LogP contribution in [0.25, 0.3) is 92.6 Å². The van der Waals surface area contributed by atoms with Gasteiger partial charge in [0.05, 0.1) is 38.2 Å². The van der Waals surface area contributed by atoms with Crippen LogP contribution in [0, 0.1) is 39.5 Å². The Labute approximate surface area is 884 Å². The minimum atomic E-state index is -2.31. The number of halogens is 2. The molecule has 12 heterocycles. The van der Waals surface area contributed by atoms with E-state index in [1.54, 1.807) is 90.7 Å². The molecule has 0 spiro atoms. The number of fused-ring (bicyclic) bond motifs is 14. The maximum absolute atomic E-state index is 15.2. The Kier molecular flexibility index (Phi) is 41.2. The average Bonchev–Trinajstić information content (AvgIpc) is 1.54. The van der Waals surface area contributed by atoms with E-state index in [-0.39, 0.29) is 23.4 Å². The Bertz CT molecular complexity index is 6690. The molecular formula is C114H144Br2O6S12Sn2. The maximum atomic E-state index is 15.2.